The maximum atomic E-state index is 13.3. The highest BCUT2D eigenvalue weighted by Crippen LogP contribution is 2.25. The van der Waals surface area contributed by atoms with Gasteiger partial charge in [0.1, 0.15) is 11.4 Å². The molecule has 1 aromatic rings. The molecule has 0 aliphatic rings. The van der Waals surface area contributed by atoms with Gasteiger partial charge in [-0.05, 0) is 0 Å². The summed E-state index contributed by atoms with van der Waals surface area (Å²) < 4.78 is 37.7. The van der Waals surface area contributed by atoms with Gasteiger partial charge in [-0.1, -0.05) is 15.9 Å². The van der Waals surface area contributed by atoms with Gasteiger partial charge in [0.05, 0.1) is 11.3 Å². The van der Waals surface area contributed by atoms with Gasteiger partial charge in [-0.3, -0.25) is 4.98 Å². The number of hydrogen-bond donors (Lipinski definition) is 1. The number of halogens is 4. The van der Waals surface area contributed by atoms with Crippen LogP contribution in [0.15, 0.2) is 6.20 Å². The number of aromatic carboxylic acids is 1. The number of rotatable bonds is 3. The van der Waals surface area contributed by atoms with Gasteiger partial charge in [-0.2, -0.15) is 0 Å². The van der Waals surface area contributed by atoms with Gasteiger partial charge < -0.3 is 5.11 Å². The van der Waals surface area contributed by atoms with E-state index in [2.05, 4.69) is 20.9 Å². The molecule has 0 bridgehead atoms. The van der Waals surface area contributed by atoms with Crippen LogP contribution in [-0.2, 0) is 5.33 Å². The van der Waals surface area contributed by atoms with Crippen LogP contribution in [0.4, 0.5) is 13.2 Å². The van der Waals surface area contributed by atoms with Crippen molar-refractivity contribution in [3.05, 3.63) is 28.8 Å². The van der Waals surface area contributed by atoms with Gasteiger partial charge in [-0.15, -0.1) is 0 Å². The number of hydrogen-bond acceptors (Lipinski definition) is 2. The SMILES string of the molecule is O=C(O)c1c(CBr)ncc(C(F)F)c1F. The Morgan fingerprint density at radius 3 is 2.60 bits per heavy atom. The number of alkyl halides is 3. The third kappa shape index (κ3) is 2.28. The van der Waals surface area contributed by atoms with Crippen molar-refractivity contribution >= 4 is 21.9 Å². The van der Waals surface area contributed by atoms with E-state index < -0.39 is 29.3 Å². The van der Waals surface area contributed by atoms with E-state index in [9.17, 15) is 18.0 Å². The summed E-state index contributed by atoms with van der Waals surface area (Å²) in [5.74, 6) is -3.04. The van der Waals surface area contributed by atoms with E-state index in [4.69, 9.17) is 5.11 Å². The fourth-order valence-corrected chi connectivity index (χ4v) is 1.44. The molecule has 0 saturated heterocycles. The summed E-state index contributed by atoms with van der Waals surface area (Å²) in [5, 5.41) is 8.62. The van der Waals surface area contributed by atoms with Crippen LogP contribution in [0.2, 0.25) is 0 Å². The van der Waals surface area contributed by atoms with E-state index in [1.54, 1.807) is 0 Å². The van der Waals surface area contributed by atoms with E-state index in [0.717, 1.165) is 0 Å². The first kappa shape index (κ1) is 12.0. The van der Waals surface area contributed by atoms with Crippen molar-refractivity contribution < 1.29 is 23.1 Å². The average molecular weight is 284 g/mol. The maximum absolute atomic E-state index is 13.3. The summed E-state index contributed by atoms with van der Waals surface area (Å²) in [5.41, 5.74) is -1.94. The monoisotopic (exact) mass is 283 g/mol. The molecule has 3 nitrogen and oxygen atoms in total. The van der Waals surface area contributed by atoms with Crippen LogP contribution < -0.4 is 0 Å². The Hall–Kier alpha value is -1.11. The molecule has 15 heavy (non-hydrogen) atoms. The number of pyridine rings is 1. The zero-order valence-corrected chi connectivity index (χ0v) is 8.76. The van der Waals surface area contributed by atoms with E-state index in [1.165, 1.54) is 0 Å². The molecule has 1 aromatic heterocycles. The van der Waals surface area contributed by atoms with Gasteiger partial charge in [-0.25, -0.2) is 18.0 Å². The molecule has 0 saturated carbocycles. The Bertz CT molecular complexity index is 398. The number of aromatic nitrogens is 1. The lowest BCUT2D eigenvalue weighted by molar-refractivity contribution is 0.0688. The topological polar surface area (TPSA) is 50.2 Å². The first-order valence-electron chi connectivity index (χ1n) is 3.73. The van der Waals surface area contributed by atoms with Crippen LogP contribution >= 0.6 is 15.9 Å². The van der Waals surface area contributed by atoms with Gasteiger partial charge in [0.25, 0.3) is 6.43 Å². The number of carboxylic acid groups (broad SMARTS) is 1. The van der Waals surface area contributed by atoms with E-state index in [-0.39, 0.29) is 11.0 Å². The fourth-order valence-electron chi connectivity index (χ4n) is 1.01. The first-order valence-corrected chi connectivity index (χ1v) is 4.85. The van der Waals surface area contributed by atoms with Gasteiger partial charge in [0.2, 0.25) is 0 Å². The van der Waals surface area contributed by atoms with Gasteiger partial charge in [0, 0.05) is 11.5 Å². The third-order valence-electron chi connectivity index (χ3n) is 1.70. The quantitative estimate of drug-likeness (QED) is 0.868. The predicted octanol–water partition coefficient (Wildman–Crippen LogP) is 2.75. The molecule has 1 rings (SSSR count). The molecule has 1 heterocycles. The zero-order valence-electron chi connectivity index (χ0n) is 7.18. The Kier molecular flexibility index (Phi) is 3.67. The van der Waals surface area contributed by atoms with Crippen LogP contribution in [0.25, 0.3) is 0 Å². The molecule has 0 radical (unpaired) electrons. The summed E-state index contributed by atoms with van der Waals surface area (Å²) in [7, 11) is 0. The highest BCUT2D eigenvalue weighted by Gasteiger charge is 2.24. The van der Waals surface area contributed by atoms with Crippen molar-refractivity contribution in [1.82, 2.24) is 4.98 Å². The fraction of sp³-hybridized carbons (Fsp3) is 0.250. The second-order valence-electron chi connectivity index (χ2n) is 2.59. The highest BCUT2D eigenvalue weighted by molar-refractivity contribution is 9.08. The van der Waals surface area contributed by atoms with Gasteiger partial charge in [0.15, 0.2) is 0 Å². The molecule has 0 amide bonds. The molecule has 0 aliphatic carbocycles. The third-order valence-corrected chi connectivity index (χ3v) is 2.23. The summed E-state index contributed by atoms with van der Waals surface area (Å²) >= 11 is 2.89. The average Bonchev–Trinajstić information content (AvgIpc) is 2.15. The van der Waals surface area contributed by atoms with Crippen molar-refractivity contribution in [3.63, 3.8) is 0 Å². The molecule has 0 fully saturated rings. The smallest absolute Gasteiger partial charge is 0.340 e. The predicted molar refractivity (Wildman–Crippen MR) is 48.7 cm³/mol. The molecule has 0 aromatic carbocycles. The van der Waals surface area contributed by atoms with Crippen LogP contribution in [-0.4, -0.2) is 16.1 Å². The molecular weight excluding hydrogens is 279 g/mol. The highest BCUT2D eigenvalue weighted by atomic mass is 79.9. The molecule has 82 valence electrons. The van der Waals surface area contributed by atoms with Crippen LogP contribution in [0, 0.1) is 5.82 Å². The summed E-state index contributed by atoms with van der Waals surface area (Å²) in [4.78, 5) is 14.1. The molecule has 0 unspecified atom stereocenters. The first-order chi connectivity index (χ1) is 6.99. The molecular formula is C8H5BrF3NO2. The standard InChI is InChI=1S/C8H5BrF3NO2/c9-1-4-5(8(14)15)6(10)3(2-13-4)7(11)12/h2,7H,1H2,(H,14,15). The molecule has 0 atom stereocenters. The van der Waals surface area contributed by atoms with Crippen LogP contribution in [0.3, 0.4) is 0 Å². The van der Waals surface area contributed by atoms with Crippen LogP contribution in [0.1, 0.15) is 28.0 Å². The van der Waals surface area contributed by atoms with Gasteiger partial charge >= 0.3 is 5.97 Å². The lowest BCUT2D eigenvalue weighted by atomic mass is 10.1. The maximum Gasteiger partial charge on any atom is 0.340 e. The largest absolute Gasteiger partial charge is 0.478 e. The molecule has 7 heteroatoms. The van der Waals surface area contributed by atoms with Crippen molar-refractivity contribution in [2.24, 2.45) is 0 Å². The molecule has 1 N–H and O–H groups in total. The number of carbonyl (C=O) groups is 1. The lowest BCUT2D eigenvalue weighted by Gasteiger charge is -2.07. The molecule has 0 spiro atoms. The van der Waals surface area contributed by atoms with Crippen molar-refractivity contribution in [2.75, 3.05) is 0 Å². The van der Waals surface area contributed by atoms with Crippen molar-refractivity contribution in [2.45, 2.75) is 11.8 Å². The second-order valence-corrected chi connectivity index (χ2v) is 3.15. The summed E-state index contributed by atoms with van der Waals surface area (Å²) in [6.07, 6.45) is -2.44. The van der Waals surface area contributed by atoms with E-state index in [0.29, 0.717) is 6.20 Å². The zero-order chi connectivity index (χ0) is 11.6. The Morgan fingerprint density at radius 1 is 1.60 bits per heavy atom. The van der Waals surface area contributed by atoms with Crippen molar-refractivity contribution in [3.8, 4) is 0 Å². The second kappa shape index (κ2) is 4.61. The van der Waals surface area contributed by atoms with E-state index >= 15 is 0 Å². The Labute approximate surface area is 91.1 Å². The Morgan fingerprint density at radius 2 is 2.20 bits per heavy atom. The minimum Gasteiger partial charge on any atom is -0.478 e. The summed E-state index contributed by atoms with van der Waals surface area (Å²) in [6.45, 7) is 0. The van der Waals surface area contributed by atoms with E-state index in [1.807, 2.05) is 0 Å². The minimum absolute atomic E-state index is 0.0188. The van der Waals surface area contributed by atoms with Crippen LogP contribution in [0.5, 0.6) is 0 Å². The molecule has 0 aliphatic heterocycles. The van der Waals surface area contributed by atoms with Crippen molar-refractivity contribution in [1.29, 1.82) is 0 Å². The normalized spacial score (nSPS) is 10.7. The number of carboxylic acids is 1. The summed E-state index contributed by atoms with van der Waals surface area (Å²) in [6, 6.07) is 0. The lowest BCUT2D eigenvalue weighted by Crippen LogP contribution is -2.10. The Balaban J connectivity index is 3.42. The number of nitrogens with zero attached hydrogens (tertiary/aromatic N) is 1. The minimum atomic E-state index is -3.08.